The lowest BCUT2D eigenvalue weighted by Crippen LogP contribution is -2.26. The van der Waals surface area contributed by atoms with Crippen LogP contribution in [0, 0.1) is 5.82 Å². The Morgan fingerprint density at radius 1 is 1.10 bits per heavy atom. The van der Waals surface area contributed by atoms with E-state index in [9.17, 15) is 9.18 Å². The van der Waals surface area contributed by atoms with Crippen LogP contribution in [-0.4, -0.2) is 44.8 Å². The van der Waals surface area contributed by atoms with E-state index in [1.165, 1.54) is 22.4 Å². The second kappa shape index (κ2) is 8.39. The molecule has 4 rings (SSSR count). The lowest BCUT2D eigenvalue weighted by molar-refractivity contribution is 0.324. The van der Waals surface area contributed by atoms with Crippen molar-refractivity contribution in [2.45, 2.75) is 19.0 Å². The Morgan fingerprint density at radius 2 is 1.83 bits per heavy atom. The molecule has 1 N–H and O–H groups in total. The molecule has 0 aliphatic rings. The largest absolute Gasteiger partial charge is 0.349 e. The third kappa shape index (κ3) is 3.68. The quantitative estimate of drug-likeness (QED) is 0.362. The molecule has 0 fully saturated rings. The van der Waals surface area contributed by atoms with E-state index in [4.69, 9.17) is 4.98 Å². The monoisotopic (exact) mass is 410 g/mol. The number of fused-ring (bicyclic) bond motifs is 3. The summed E-state index contributed by atoms with van der Waals surface area (Å²) in [5.41, 5.74) is 1.79. The molecule has 0 saturated heterocycles. The summed E-state index contributed by atoms with van der Waals surface area (Å²) in [7, 11) is 0. The number of rotatable bonds is 7. The van der Waals surface area contributed by atoms with Gasteiger partial charge >= 0.3 is 0 Å². The van der Waals surface area contributed by atoms with Crippen LogP contribution in [0.4, 0.5) is 4.39 Å². The standard InChI is InChI=1S/C22H23FN4OS/c1-3-26(4-2)13-14-29-22-25-19-15-9-5-7-11-17(15)24-20(19)21(28)27(22)18-12-8-6-10-16(18)23/h5-12,24H,3-4,13-14H2,1-2H3. The van der Waals surface area contributed by atoms with Gasteiger partial charge in [0.2, 0.25) is 0 Å². The van der Waals surface area contributed by atoms with Gasteiger partial charge in [-0.05, 0) is 31.3 Å². The third-order valence-electron chi connectivity index (χ3n) is 5.12. The molecule has 0 aliphatic heterocycles. The van der Waals surface area contributed by atoms with Crippen LogP contribution in [-0.2, 0) is 0 Å². The summed E-state index contributed by atoms with van der Waals surface area (Å²) >= 11 is 1.48. The van der Waals surface area contributed by atoms with Gasteiger partial charge in [-0.3, -0.25) is 9.36 Å². The highest BCUT2D eigenvalue weighted by Crippen LogP contribution is 2.27. The molecule has 0 unspecified atom stereocenters. The molecule has 0 spiro atoms. The van der Waals surface area contributed by atoms with Crippen LogP contribution in [0.15, 0.2) is 58.5 Å². The molecule has 7 heteroatoms. The summed E-state index contributed by atoms with van der Waals surface area (Å²) < 4.78 is 16.0. The van der Waals surface area contributed by atoms with Crippen molar-refractivity contribution < 1.29 is 4.39 Å². The van der Waals surface area contributed by atoms with Crippen molar-refractivity contribution in [3.63, 3.8) is 0 Å². The fraction of sp³-hybridized carbons (Fsp3) is 0.273. The number of hydrogen-bond acceptors (Lipinski definition) is 4. The van der Waals surface area contributed by atoms with Crippen LogP contribution in [0.5, 0.6) is 0 Å². The topological polar surface area (TPSA) is 53.9 Å². The molecule has 2 heterocycles. The fourth-order valence-corrected chi connectivity index (χ4v) is 4.49. The fourth-order valence-electron chi connectivity index (χ4n) is 3.49. The van der Waals surface area contributed by atoms with E-state index in [0.29, 0.717) is 16.2 Å². The highest BCUT2D eigenvalue weighted by Gasteiger charge is 2.19. The van der Waals surface area contributed by atoms with Gasteiger partial charge < -0.3 is 9.88 Å². The number of halogens is 1. The molecule has 0 aliphatic carbocycles. The molecule has 5 nitrogen and oxygen atoms in total. The highest BCUT2D eigenvalue weighted by atomic mass is 32.2. The summed E-state index contributed by atoms with van der Waals surface area (Å²) in [5.74, 6) is 0.314. The predicted molar refractivity (Wildman–Crippen MR) is 118 cm³/mol. The van der Waals surface area contributed by atoms with Crippen molar-refractivity contribution in [3.05, 3.63) is 64.7 Å². The summed E-state index contributed by atoms with van der Waals surface area (Å²) in [5, 5.41) is 1.40. The second-order valence-corrected chi connectivity index (χ2v) is 7.82. The SMILES string of the molecule is CCN(CC)CCSc1nc2c([nH]c3ccccc32)c(=O)n1-c1ccccc1F. The molecule has 2 aromatic carbocycles. The molecule has 150 valence electrons. The lowest BCUT2D eigenvalue weighted by atomic mass is 10.2. The number of hydrogen-bond donors (Lipinski definition) is 1. The van der Waals surface area contributed by atoms with E-state index in [1.54, 1.807) is 18.2 Å². The van der Waals surface area contributed by atoms with Gasteiger partial charge in [0, 0.05) is 23.2 Å². The van der Waals surface area contributed by atoms with Crippen molar-refractivity contribution in [3.8, 4) is 5.69 Å². The average molecular weight is 411 g/mol. The van der Waals surface area contributed by atoms with Gasteiger partial charge in [-0.25, -0.2) is 9.37 Å². The van der Waals surface area contributed by atoms with Crippen molar-refractivity contribution in [1.82, 2.24) is 19.4 Å². The van der Waals surface area contributed by atoms with Gasteiger partial charge in [-0.1, -0.05) is 55.9 Å². The van der Waals surface area contributed by atoms with Crippen LogP contribution < -0.4 is 5.56 Å². The number of aromatic amines is 1. The number of para-hydroxylation sites is 2. The number of nitrogens with zero attached hydrogens (tertiary/aromatic N) is 3. The Balaban J connectivity index is 1.88. The Kier molecular flexibility index (Phi) is 5.69. The van der Waals surface area contributed by atoms with Gasteiger partial charge in [0.1, 0.15) is 16.9 Å². The third-order valence-corrected chi connectivity index (χ3v) is 6.04. The first kappa shape index (κ1) is 19.7. The maximum absolute atomic E-state index is 14.6. The molecule has 2 aromatic heterocycles. The first-order valence-corrected chi connectivity index (χ1v) is 10.8. The first-order chi connectivity index (χ1) is 14.1. The minimum atomic E-state index is -0.447. The van der Waals surface area contributed by atoms with Gasteiger partial charge in [0.25, 0.3) is 5.56 Å². The zero-order chi connectivity index (χ0) is 20.4. The van der Waals surface area contributed by atoms with E-state index in [-0.39, 0.29) is 11.2 Å². The Bertz CT molecular complexity index is 1210. The van der Waals surface area contributed by atoms with E-state index in [1.807, 2.05) is 24.3 Å². The average Bonchev–Trinajstić information content (AvgIpc) is 3.11. The van der Waals surface area contributed by atoms with Crippen molar-refractivity contribution in [2.24, 2.45) is 0 Å². The molecule has 0 amide bonds. The maximum atomic E-state index is 14.6. The molecule has 4 aromatic rings. The van der Waals surface area contributed by atoms with Crippen molar-refractivity contribution in [1.29, 1.82) is 0 Å². The first-order valence-electron chi connectivity index (χ1n) is 9.77. The molecule has 29 heavy (non-hydrogen) atoms. The molecule has 0 saturated carbocycles. The van der Waals surface area contributed by atoms with Crippen molar-refractivity contribution >= 4 is 33.7 Å². The van der Waals surface area contributed by atoms with Crippen molar-refractivity contribution in [2.75, 3.05) is 25.4 Å². The summed E-state index contributed by atoms with van der Waals surface area (Å²) in [6, 6.07) is 14.0. The summed E-state index contributed by atoms with van der Waals surface area (Å²) in [4.78, 5) is 23.7. The van der Waals surface area contributed by atoms with E-state index >= 15 is 0 Å². The number of nitrogens with one attached hydrogen (secondary N) is 1. The molecule has 0 bridgehead atoms. The number of benzene rings is 2. The minimum Gasteiger partial charge on any atom is -0.349 e. The Hall–Kier alpha value is -2.64. The normalized spacial score (nSPS) is 11.7. The predicted octanol–water partition coefficient (Wildman–Crippen LogP) is 4.44. The van der Waals surface area contributed by atoms with Crippen LogP contribution in [0.3, 0.4) is 0 Å². The number of aromatic nitrogens is 3. The van der Waals surface area contributed by atoms with E-state index < -0.39 is 5.82 Å². The van der Waals surface area contributed by atoms with E-state index in [0.717, 1.165) is 36.3 Å². The number of H-pyrrole nitrogens is 1. The van der Waals surface area contributed by atoms with Gasteiger partial charge in [-0.2, -0.15) is 0 Å². The number of thioether (sulfide) groups is 1. The van der Waals surface area contributed by atoms with Gasteiger partial charge in [0.05, 0.1) is 5.69 Å². The zero-order valence-electron chi connectivity index (χ0n) is 16.5. The van der Waals surface area contributed by atoms with Crippen LogP contribution in [0.25, 0.3) is 27.6 Å². The summed E-state index contributed by atoms with van der Waals surface area (Å²) in [6.07, 6.45) is 0. The smallest absolute Gasteiger partial charge is 0.283 e. The molecule has 0 radical (unpaired) electrons. The Morgan fingerprint density at radius 3 is 2.59 bits per heavy atom. The molecular formula is C22H23FN4OS. The summed E-state index contributed by atoms with van der Waals surface area (Å²) in [6.45, 7) is 7.05. The molecule has 0 atom stereocenters. The zero-order valence-corrected chi connectivity index (χ0v) is 17.3. The van der Waals surface area contributed by atoms with Crippen LogP contribution >= 0.6 is 11.8 Å². The minimum absolute atomic E-state index is 0.218. The molecular weight excluding hydrogens is 387 g/mol. The Labute approximate surface area is 172 Å². The van der Waals surface area contributed by atoms with Crippen LogP contribution in [0.1, 0.15) is 13.8 Å². The highest BCUT2D eigenvalue weighted by molar-refractivity contribution is 7.99. The van der Waals surface area contributed by atoms with Crippen LogP contribution in [0.2, 0.25) is 0 Å². The maximum Gasteiger partial charge on any atom is 0.283 e. The van der Waals surface area contributed by atoms with Gasteiger partial charge in [0.15, 0.2) is 5.16 Å². The second-order valence-electron chi connectivity index (χ2n) is 6.76. The van der Waals surface area contributed by atoms with Gasteiger partial charge in [-0.15, -0.1) is 0 Å². The van der Waals surface area contributed by atoms with E-state index in [2.05, 4.69) is 23.7 Å². The lowest BCUT2D eigenvalue weighted by Gasteiger charge is -2.18.